The van der Waals surface area contributed by atoms with Gasteiger partial charge in [-0.1, -0.05) is 24.3 Å². The second kappa shape index (κ2) is 10.3. The fourth-order valence-electron chi connectivity index (χ4n) is 4.65. The van der Waals surface area contributed by atoms with E-state index >= 15 is 0 Å². The topological polar surface area (TPSA) is 71.4 Å². The molecule has 8 heteroatoms. The van der Waals surface area contributed by atoms with Gasteiger partial charge in [-0.25, -0.2) is 0 Å². The lowest BCUT2D eigenvalue weighted by Crippen LogP contribution is -2.30. The number of carbonyl (C=O) groups excluding carboxylic acids is 1. The van der Waals surface area contributed by atoms with Crippen LogP contribution < -0.4 is 15.5 Å². The van der Waals surface area contributed by atoms with Crippen LogP contribution in [0.1, 0.15) is 29.0 Å². The van der Waals surface area contributed by atoms with E-state index in [0.717, 1.165) is 34.0 Å². The zero-order valence-corrected chi connectivity index (χ0v) is 20.9. The van der Waals surface area contributed by atoms with Crippen molar-refractivity contribution in [2.75, 3.05) is 23.9 Å². The molecule has 182 valence electrons. The molecule has 2 aromatic heterocycles. The highest BCUT2D eigenvalue weighted by Crippen LogP contribution is 2.42. The summed E-state index contributed by atoms with van der Waals surface area (Å²) in [6.45, 7) is 1.97. The van der Waals surface area contributed by atoms with Crippen LogP contribution >= 0.6 is 12.2 Å². The van der Waals surface area contributed by atoms with Crippen molar-refractivity contribution in [1.82, 2.24) is 14.9 Å². The summed E-state index contributed by atoms with van der Waals surface area (Å²) in [5.74, 6) is -0.194. The molecule has 36 heavy (non-hydrogen) atoms. The van der Waals surface area contributed by atoms with Crippen molar-refractivity contribution in [2.24, 2.45) is 0 Å². The predicted molar refractivity (Wildman–Crippen MR) is 145 cm³/mol. The number of benzene rings is 2. The number of rotatable bonds is 7. The number of hydrogen-bond donors (Lipinski definition) is 2. The minimum Gasteiger partial charge on any atom is -0.375 e. The molecule has 2 N–H and O–H groups in total. The molecule has 0 unspecified atom stereocenters. The summed E-state index contributed by atoms with van der Waals surface area (Å²) < 4.78 is 7.13. The van der Waals surface area contributed by atoms with Gasteiger partial charge < -0.3 is 24.8 Å². The number of carbonyl (C=O) groups is 1. The molecule has 7 nitrogen and oxygen atoms in total. The largest absolute Gasteiger partial charge is 0.375 e. The monoisotopic (exact) mass is 497 g/mol. The number of para-hydroxylation sites is 1. The maximum atomic E-state index is 12.1. The van der Waals surface area contributed by atoms with E-state index < -0.39 is 0 Å². The zero-order valence-electron chi connectivity index (χ0n) is 20.1. The van der Waals surface area contributed by atoms with Crippen LogP contribution in [0.15, 0.2) is 91.3 Å². The van der Waals surface area contributed by atoms with Gasteiger partial charge in [-0.3, -0.25) is 9.78 Å². The van der Waals surface area contributed by atoms with Crippen molar-refractivity contribution < 1.29 is 9.53 Å². The molecule has 5 rings (SSSR count). The second-order valence-electron chi connectivity index (χ2n) is 8.62. The summed E-state index contributed by atoms with van der Waals surface area (Å²) in [4.78, 5) is 18.8. The van der Waals surface area contributed by atoms with Gasteiger partial charge in [0.1, 0.15) is 12.6 Å². The Labute approximate surface area is 215 Å². The highest BCUT2D eigenvalue weighted by Gasteiger charge is 2.42. The number of nitrogens with one attached hydrogen (secondary N) is 2. The average molecular weight is 498 g/mol. The lowest BCUT2D eigenvalue weighted by molar-refractivity contribution is -0.119. The van der Waals surface area contributed by atoms with E-state index in [2.05, 4.69) is 55.5 Å². The fraction of sp³-hybridized carbons (Fsp3) is 0.179. The van der Waals surface area contributed by atoms with Crippen LogP contribution in [0.5, 0.6) is 0 Å². The number of pyridine rings is 1. The molecule has 1 amide bonds. The number of aromatic nitrogens is 2. The van der Waals surface area contributed by atoms with E-state index in [0.29, 0.717) is 5.11 Å². The molecule has 1 saturated heterocycles. The van der Waals surface area contributed by atoms with Crippen molar-refractivity contribution in [3.63, 3.8) is 0 Å². The number of methoxy groups -OCH3 is 1. The Morgan fingerprint density at radius 2 is 1.86 bits per heavy atom. The van der Waals surface area contributed by atoms with Gasteiger partial charge in [0.15, 0.2) is 5.11 Å². The first-order chi connectivity index (χ1) is 17.6. The summed E-state index contributed by atoms with van der Waals surface area (Å²) >= 11 is 5.88. The molecule has 1 aliphatic rings. The Hall–Kier alpha value is -4.01. The van der Waals surface area contributed by atoms with Crippen LogP contribution in [0.25, 0.3) is 5.69 Å². The van der Waals surface area contributed by atoms with E-state index in [1.165, 1.54) is 7.11 Å². The lowest BCUT2D eigenvalue weighted by Gasteiger charge is -2.29. The molecule has 2 aromatic carbocycles. The lowest BCUT2D eigenvalue weighted by atomic mass is 10.00. The molecule has 1 fully saturated rings. The van der Waals surface area contributed by atoms with Gasteiger partial charge in [0.05, 0.1) is 11.7 Å². The number of ether oxygens (including phenoxy) is 1. The first-order valence-corrected chi connectivity index (χ1v) is 12.1. The minimum absolute atomic E-state index is 0.00558. The Bertz CT molecular complexity index is 1370. The van der Waals surface area contributed by atoms with E-state index in [4.69, 9.17) is 17.0 Å². The molecular weight excluding hydrogens is 470 g/mol. The Morgan fingerprint density at radius 1 is 1.06 bits per heavy atom. The first kappa shape index (κ1) is 23.7. The standard InChI is InChI=1S/C28H27N5O2S/c1-19-17-21(13-14-22(19)30-25(34)18-35-2)33-27(26(31-28(33)36)23-11-6-7-15-29-23)24-12-8-16-32(24)20-9-4-3-5-10-20/h3-17,26-27H,18H2,1-2H3,(H,30,34)(H,31,36)/t26-,27+/m0/s1. The van der Waals surface area contributed by atoms with Crippen molar-refractivity contribution in [1.29, 1.82) is 0 Å². The summed E-state index contributed by atoms with van der Waals surface area (Å²) in [7, 11) is 1.50. The van der Waals surface area contributed by atoms with Gasteiger partial charge in [0.2, 0.25) is 5.91 Å². The number of thiocarbonyl (C=S) groups is 1. The Morgan fingerprint density at radius 3 is 2.58 bits per heavy atom. The Kier molecular flexibility index (Phi) is 6.79. The molecular formula is C28H27N5O2S. The van der Waals surface area contributed by atoms with Crippen LogP contribution in [0, 0.1) is 6.92 Å². The maximum absolute atomic E-state index is 12.1. The molecule has 1 aliphatic heterocycles. The number of aryl methyl sites for hydroxylation is 1. The highest BCUT2D eigenvalue weighted by atomic mass is 32.1. The van der Waals surface area contributed by atoms with Gasteiger partial charge in [-0.05, 0) is 79.3 Å². The number of anilines is 2. The van der Waals surface area contributed by atoms with Gasteiger partial charge in [-0.2, -0.15) is 0 Å². The molecule has 4 aromatic rings. The second-order valence-corrected chi connectivity index (χ2v) is 9.00. The molecule has 2 atom stereocenters. The van der Waals surface area contributed by atoms with Crippen LogP contribution in [0.4, 0.5) is 11.4 Å². The maximum Gasteiger partial charge on any atom is 0.250 e. The third-order valence-electron chi connectivity index (χ3n) is 6.25. The summed E-state index contributed by atoms with van der Waals surface area (Å²) in [6, 6.07) is 26.0. The molecule has 0 spiro atoms. The van der Waals surface area contributed by atoms with Gasteiger partial charge in [0, 0.05) is 42.3 Å². The SMILES string of the molecule is COCC(=O)Nc1ccc(N2C(=S)N[C@@H](c3ccccn3)[C@H]2c2cccn2-c2ccccc2)cc1C. The Balaban J connectivity index is 1.58. The fourth-order valence-corrected chi connectivity index (χ4v) is 4.99. The van der Waals surface area contributed by atoms with Crippen LogP contribution in [0.3, 0.4) is 0 Å². The van der Waals surface area contributed by atoms with Crippen molar-refractivity contribution in [3.8, 4) is 5.69 Å². The third-order valence-corrected chi connectivity index (χ3v) is 6.57. The summed E-state index contributed by atoms with van der Waals surface area (Å²) in [5.41, 5.74) is 5.66. The predicted octanol–water partition coefficient (Wildman–Crippen LogP) is 4.94. The van der Waals surface area contributed by atoms with E-state index in [-0.39, 0.29) is 24.6 Å². The van der Waals surface area contributed by atoms with Gasteiger partial charge in [0.25, 0.3) is 0 Å². The molecule has 0 saturated carbocycles. The van der Waals surface area contributed by atoms with Crippen LogP contribution in [-0.2, 0) is 9.53 Å². The normalized spacial score (nSPS) is 17.2. The summed E-state index contributed by atoms with van der Waals surface area (Å²) in [6.07, 6.45) is 3.87. The van der Waals surface area contributed by atoms with Crippen LogP contribution in [0.2, 0.25) is 0 Å². The highest BCUT2D eigenvalue weighted by molar-refractivity contribution is 7.80. The molecule has 0 bridgehead atoms. The minimum atomic E-state index is -0.194. The number of nitrogens with zero attached hydrogens (tertiary/aromatic N) is 3. The molecule has 0 radical (unpaired) electrons. The third kappa shape index (κ3) is 4.60. The quantitative estimate of drug-likeness (QED) is 0.353. The van der Waals surface area contributed by atoms with E-state index in [9.17, 15) is 4.79 Å². The molecule has 3 heterocycles. The first-order valence-electron chi connectivity index (χ1n) is 11.7. The van der Waals surface area contributed by atoms with Gasteiger partial charge in [-0.15, -0.1) is 0 Å². The van der Waals surface area contributed by atoms with Gasteiger partial charge >= 0.3 is 0 Å². The average Bonchev–Trinajstić information content (AvgIpc) is 3.51. The van der Waals surface area contributed by atoms with Crippen molar-refractivity contribution in [3.05, 3.63) is 108 Å². The molecule has 0 aliphatic carbocycles. The van der Waals surface area contributed by atoms with Crippen molar-refractivity contribution in [2.45, 2.75) is 19.0 Å². The van der Waals surface area contributed by atoms with Crippen LogP contribution in [-0.4, -0.2) is 34.3 Å². The smallest absolute Gasteiger partial charge is 0.250 e. The summed E-state index contributed by atoms with van der Waals surface area (Å²) in [5, 5.41) is 7.03. The number of amides is 1. The number of hydrogen-bond acceptors (Lipinski definition) is 4. The van der Waals surface area contributed by atoms with E-state index in [1.54, 1.807) is 6.20 Å². The van der Waals surface area contributed by atoms with E-state index in [1.807, 2.05) is 61.5 Å². The zero-order chi connectivity index (χ0) is 25.1. The van der Waals surface area contributed by atoms with Crippen molar-refractivity contribution >= 4 is 34.6 Å².